The first-order valence-electron chi connectivity index (χ1n) is 5.15. The maximum atomic E-state index is 11.3. The number of thioether (sulfide) groups is 1. The second-order valence-electron chi connectivity index (χ2n) is 4.32. The van der Waals surface area contributed by atoms with Gasteiger partial charge in [0.05, 0.1) is 4.91 Å². The van der Waals surface area contributed by atoms with E-state index in [-0.39, 0.29) is 11.1 Å². The average Bonchev–Trinajstić information content (AvgIpc) is 2.83. The molecule has 1 aliphatic heterocycles. The van der Waals surface area contributed by atoms with Crippen molar-refractivity contribution in [3.8, 4) is 0 Å². The number of fused-ring (bicyclic) bond motifs is 2. The summed E-state index contributed by atoms with van der Waals surface area (Å²) >= 11 is 1.03. The largest absolute Gasteiger partial charge is 0.290 e. The first kappa shape index (κ1) is 9.21. The highest BCUT2D eigenvalue weighted by Gasteiger charge is 2.36. The smallest absolute Gasteiger partial charge is 0.282 e. The Balaban J connectivity index is 1.80. The Bertz CT molecular complexity index is 399. The molecule has 1 heterocycles. The van der Waals surface area contributed by atoms with Crippen molar-refractivity contribution in [2.45, 2.75) is 12.8 Å². The third kappa shape index (κ3) is 1.53. The van der Waals surface area contributed by atoms with Gasteiger partial charge in [-0.25, -0.2) is 0 Å². The van der Waals surface area contributed by atoms with E-state index < -0.39 is 0 Å². The molecule has 3 aliphatic rings. The molecular formula is C11H11NO2S. The van der Waals surface area contributed by atoms with Crippen LogP contribution in [0.25, 0.3) is 0 Å². The van der Waals surface area contributed by atoms with Gasteiger partial charge >= 0.3 is 0 Å². The van der Waals surface area contributed by atoms with Crippen LogP contribution < -0.4 is 5.32 Å². The van der Waals surface area contributed by atoms with Gasteiger partial charge in [0.1, 0.15) is 0 Å². The molecule has 1 saturated heterocycles. The van der Waals surface area contributed by atoms with Gasteiger partial charge in [-0.2, -0.15) is 0 Å². The van der Waals surface area contributed by atoms with Gasteiger partial charge in [-0.1, -0.05) is 18.2 Å². The number of carbonyl (C=O) groups is 2. The van der Waals surface area contributed by atoms with Crippen LogP contribution in [0.2, 0.25) is 0 Å². The van der Waals surface area contributed by atoms with Crippen molar-refractivity contribution in [2.75, 3.05) is 0 Å². The van der Waals surface area contributed by atoms with Crippen molar-refractivity contribution in [1.82, 2.24) is 5.32 Å². The van der Waals surface area contributed by atoms with Gasteiger partial charge in [0.25, 0.3) is 11.1 Å². The van der Waals surface area contributed by atoms with Crippen LogP contribution in [0, 0.1) is 17.8 Å². The number of amides is 2. The van der Waals surface area contributed by atoms with Crippen LogP contribution in [-0.2, 0) is 4.79 Å². The van der Waals surface area contributed by atoms with Crippen molar-refractivity contribution < 1.29 is 9.59 Å². The fraction of sp³-hybridized carbons (Fsp3) is 0.455. The molecule has 1 N–H and O–H groups in total. The molecule has 0 spiro atoms. The van der Waals surface area contributed by atoms with Gasteiger partial charge in [-0.05, 0) is 42.4 Å². The van der Waals surface area contributed by atoms with Crippen LogP contribution in [0.5, 0.6) is 0 Å². The lowest BCUT2D eigenvalue weighted by molar-refractivity contribution is -0.115. The molecule has 2 aliphatic carbocycles. The summed E-state index contributed by atoms with van der Waals surface area (Å²) in [6.07, 6.45) is 8.85. The van der Waals surface area contributed by atoms with Gasteiger partial charge in [0, 0.05) is 0 Å². The predicted molar refractivity (Wildman–Crippen MR) is 58.1 cm³/mol. The van der Waals surface area contributed by atoms with E-state index >= 15 is 0 Å². The van der Waals surface area contributed by atoms with Gasteiger partial charge < -0.3 is 0 Å². The lowest BCUT2D eigenvalue weighted by atomic mass is 9.93. The summed E-state index contributed by atoms with van der Waals surface area (Å²) in [4.78, 5) is 22.9. The third-order valence-corrected chi connectivity index (χ3v) is 4.17. The number of imide groups is 1. The average molecular weight is 221 g/mol. The minimum Gasteiger partial charge on any atom is -0.282 e. The first-order chi connectivity index (χ1) is 7.22. The van der Waals surface area contributed by atoms with E-state index in [0.717, 1.165) is 18.2 Å². The second-order valence-corrected chi connectivity index (χ2v) is 5.33. The molecule has 3 atom stereocenters. The van der Waals surface area contributed by atoms with Crippen molar-refractivity contribution in [1.29, 1.82) is 0 Å². The summed E-state index contributed by atoms with van der Waals surface area (Å²) < 4.78 is 0. The summed E-state index contributed by atoms with van der Waals surface area (Å²) in [5.41, 5.74) is 0. The zero-order chi connectivity index (χ0) is 10.4. The van der Waals surface area contributed by atoms with Crippen molar-refractivity contribution in [3.63, 3.8) is 0 Å². The van der Waals surface area contributed by atoms with E-state index in [9.17, 15) is 9.59 Å². The Labute approximate surface area is 92.0 Å². The number of allylic oxidation sites excluding steroid dienone is 3. The Morgan fingerprint density at radius 2 is 2.20 bits per heavy atom. The molecule has 0 radical (unpaired) electrons. The third-order valence-electron chi connectivity index (χ3n) is 3.34. The normalized spacial score (nSPS) is 40.5. The predicted octanol–water partition coefficient (Wildman–Crippen LogP) is 2.07. The zero-order valence-electron chi connectivity index (χ0n) is 8.10. The van der Waals surface area contributed by atoms with Gasteiger partial charge in [0.15, 0.2) is 0 Å². The molecule has 15 heavy (non-hydrogen) atoms. The molecule has 3 nitrogen and oxygen atoms in total. The van der Waals surface area contributed by atoms with Gasteiger partial charge in [-0.15, -0.1) is 0 Å². The minimum atomic E-state index is -0.245. The molecule has 2 bridgehead atoms. The molecule has 4 heteroatoms. The summed E-state index contributed by atoms with van der Waals surface area (Å²) in [6.45, 7) is 0. The van der Waals surface area contributed by atoms with Crippen molar-refractivity contribution >= 4 is 22.9 Å². The molecule has 2 amide bonds. The van der Waals surface area contributed by atoms with Crippen LogP contribution in [0.15, 0.2) is 23.1 Å². The lowest BCUT2D eigenvalue weighted by Gasteiger charge is -2.13. The maximum Gasteiger partial charge on any atom is 0.290 e. The van der Waals surface area contributed by atoms with E-state index in [1.54, 1.807) is 0 Å². The highest BCUT2D eigenvalue weighted by Crippen LogP contribution is 2.45. The first-order valence-corrected chi connectivity index (χ1v) is 5.97. The molecule has 1 saturated carbocycles. The molecule has 2 fully saturated rings. The zero-order valence-corrected chi connectivity index (χ0v) is 8.92. The van der Waals surface area contributed by atoms with Gasteiger partial charge in [0.2, 0.25) is 0 Å². The summed E-state index contributed by atoms with van der Waals surface area (Å²) in [7, 11) is 0. The Morgan fingerprint density at radius 1 is 1.33 bits per heavy atom. The van der Waals surface area contributed by atoms with Crippen LogP contribution in [0.3, 0.4) is 0 Å². The van der Waals surface area contributed by atoms with Gasteiger partial charge in [-0.3, -0.25) is 14.9 Å². The topological polar surface area (TPSA) is 46.2 Å². The van der Waals surface area contributed by atoms with E-state index in [1.807, 2.05) is 6.08 Å². The van der Waals surface area contributed by atoms with Crippen LogP contribution in [0.4, 0.5) is 4.79 Å². The number of nitrogens with one attached hydrogen (secondary N) is 1. The van der Waals surface area contributed by atoms with Crippen LogP contribution in [0.1, 0.15) is 12.8 Å². The quantitative estimate of drug-likeness (QED) is 0.544. The van der Waals surface area contributed by atoms with Crippen LogP contribution >= 0.6 is 11.8 Å². The Morgan fingerprint density at radius 3 is 2.73 bits per heavy atom. The highest BCUT2D eigenvalue weighted by molar-refractivity contribution is 8.18. The lowest BCUT2D eigenvalue weighted by Crippen LogP contribution is -2.18. The van der Waals surface area contributed by atoms with E-state index in [0.29, 0.717) is 22.7 Å². The summed E-state index contributed by atoms with van der Waals surface area (Å²) in [5.74, 6) is 1.52. The fourth-order valence-electron chi connectivity index (χ4n) is 2.65. The van der Waals surface area contributed by atoms with E-state index in [4.69, 9.17) is 0 Å². The maximum absolute atomic E-state index is 11.3. The van der Waals surface area contributed by atoms with Crippen molar-refractivity contribution in [2.24, 2.45) is 17.8 Å². The molecule has 0 aromatic rings. The number of rotatable bonds is 1. The summed E-state index contributed by atoms with van der Waals surface area (Å²) in [5, 5.41) is 2.04. The molecule has 0 aromatic heterocycles. The highest BCUT2D eigenvalue weighted by atomic mass is 32.2. The molecule has 3 rings (SSSR count). The molecule has 78 valence electrons. The van der Waals surface area contributed by atoms with E-state index in [1.165, 1.54) is 6.42 Å². The Kier molecular flexibility index (Phi) is 1.99. The number of hydrogen-bond donors (Lipinski definition) is 1. The second kappa shape index (κ2) is 3.23. The Hall–Kier alpha value is -1.03. The standard InChI is InChI=1S/C11H11NO2S/c13-10-9(15-11(14)12-10)5-8-4-6-1-2-7(8)3-6/h1-2,5-8H,3-4H2,(H,12,13,14)/b9-5-. The molecular weight excluding hydrogens is 210 g/mol. The minimum absolute atomic E-state index is 0.225. The fourth-order valence-corrected chi connectivity index (χ4v) is 3.38. The van der Waals surface area contributed by atoms with E-state index in [2.05, 4.69) is 17.5 Å². The number of hydrogen-bond acceptors (Lipinski definition) is 3. The monoisotopic (exact) mass is 221 g/mol. The molecule has 0 aromatic carbocycles. The molecule has 3 unspecified atom stereocenters. The van der Waals surface area contributed by atoms with Crippen molar-refractivity contribution in [3.05, 3.63) is 23.1 Å². The number of carbonyl (C=O) groups excluding carboxylic acids is 2. The summed E-state index contributed by atoms with van der Waals surface area (Å²) in [6, 6.07) is 0. The SMILES string of the molecule is O=C1NC(=O)/C(=C/C2CC3C=CC2C3)S1. The van der Waals surface area contributed by atoms with Crippen LogP contribution in [-0.4, -0.2) is 11.1 Å².